The lowest BCUT2D eigenvalue weighted by Crippen LogP contribution is -2.36. The van der Waals surface area contributed by atoms with Crippen LogP contribution < -0.4 is 5.32 Å². The van der Waals surface area contributed by atoms with Crippen molar-refractivity contribution in [2.45, 2.75) is 51.7 Å². The summed E-state index contributed by atoms with van der Waals surface area (Å²) in [5, 5.41) is 11.2. The highest BCUT2D eigenvalue weighted by atomic mass is 16.6. The number of hydrogen-bond acceptors (Lipinski definition) is 5. The normalized spacial score (nSPS) is 21.3. The quantitative estimate of drug-likeness (QED) is 0.627. The van der Waals surface area contributed by atoms with Gasteiger partial charge in [0.05, 0.1) is 12.0 Å². The number of aliphatic imine (C=N–C) groups is 1. The fraction of sp³-hybridized carbons (Fsp3) is 0.500. The minimum atomic E-state index is -0.747. The van der Waals surface area contributed by atoms with Gasteiger partial charge in [-0.05, 0) is 31.7 Å². The van der Waals surface area contributed by atoms with E-state index in [1.165, 1.54) is 0 Å². The first-order valence-electron chi connectivity index (χ1n) is 8.77. The Bertz CT molecular complexity index is 732. The van der Waals surface area contributed by atoms with Gasteiger partial charge >= 0.3 is 5.97 Å². The Kier molecular flexibility index (Phi) is 6.14. The fourth-order valence-electron chi connectivity index (χ4n) is 3.21. The molecule has 0 aromatic heterocycles. The van der Waals surface area contributed by atoms with Crippen LogP contribution in [0.15, 0.2) is 35.3 Å². The van der Waals surface area contributed by atoms with E-state index in [4.69, 9.17) is 10.00 Å². The molecule has 1 aliphatic rings. The van der Waals surface area contributed by atoms with Crippen molar-refractivity contribution in [2.24, 2.45) is 10.9 Å². The molecule has 1 fully saturated rings. The van der Waals surface area contributed by atoms with Gasteiger partial charge in [-0.1, -0.05) is 44.2 Å². The number of carbonyl (C=O) groups is 2. The number of nitrogens with zero attached hydrogens (tertiary/aromatic N) is 2. The number of ether oxygens (including phenoxy) is 1. The average molecular weight is 355 g/mol. The number of hydrogen-bond donors (Lipinski definition) is 1. The topological polar surface area (TPSA) is 91.5 Å². The van der Waals surface area contributed by atoms with Crippen molar-refractivity contribution in [1.29, 1.82) is 5.26 Å². The molecule has 2 rings (SSSR count). The highest BCUT2D eigenvalue weighted by Gasteiger charge is 2.48. The molecule has 1 saturated heterocycles. The zero-order valence-electron chi connectivity index (χ0n) is 15.7. The Hall–Kier alpha value is -2.68. The van der Waals surface area contributed by atoms with Gasteiger partial charge in [0, 0.05) is 0 Å². The van der Waals surface area contributed by atoms with Crippen LogP contribution in [0, 0.1) is 17.2 Å². The van der Waals surface area contributed by atoms with Gasteiger partial charge < -0.3 is 10.1 Å². The summed E-state index contributed by atoms with van der Waals surface area (Å²) in [6.45, 7) is 7.57. The van der Waals surface area contributed by atoms with E-state index in [1.807, 2.05) is 64.1 Å². The highest BCUT2D eigenvalue weighted by Crippen LogP contribution is 2.39. The van der Waals surface area contributed by atoms with Crippen LogP contribution in [-0.2, 0) is 14.3 Å². The third-order valence-corrected chi connectivity index (χ3v) is 4.30. The van der Waals surface area contributed by atoms with Gasteiger partial charge in [0.25, 0.3) is 0 Å². The molecule has 1 N–H and O–H groups in total. The van der Waals surface area contributed by atoms with E-state index < -0.39 is 17.6 Å². The Balaban J connectivity index is 2.43. The number of nitriles is 1. The Morgan fingerprint density at radius 1 is 1.35 bits per heavy atom. The molecule has 26 heavy (non-hydrogen) atoms. The lowest BCUT2D eigenvalue weighted by Gasteiger charge is -2.25. The molecular formula is C20H25N3O3. The first-order valence-corrected chi connectivity index (χ1v) is 8.77. The van der Waals surface area contributed by atoms with E-state index >= 15 is 0 Å². The second-order valence-electron chi connectivity index (χ2n) is 7.37. The van der Waals surface area contributed by atoms with Gasteiger partial charge in [-0.25, -0.2) is 4.79 Å². The van der Waals surface area contributed by atoms with Gasteiger partial charge in [-0.2, -0.15) is 5.26 Å². The van der Waals surface area contributed by atoms with E-state index in [2.05, 4.69) is 10.3 Å². The second-order valence-corrected chi connectivity index (χ2v) is 7.37. The standard InChI is InChI=1S/C20H25N3O3/c1-13(2)12-15(18(24)22-11-10-21)23-17-16(14-8-6-5-7-9-14)20(3,4)26-19(17)25/h5-9,13,15-16H,11-12H2,1-4H3,(H,22,24). The molecule has 1 heterocycles. The minimum Gasteiger partial charge on any atom is -0.454 e. The van der Waals surface area contributed by atoms with Gasteiger partial charge in [-0.3, -0.25) is 9.79 Å². The van der Waals surface area contributed by atoms with Crippen molar-refractivity contribution in [2.75, 3.05) is 6.54 Å². The van der Waals surface area contributed by atoms with Gasteiger partial charge in [0.1, 0.15) is 23.9 Å². The molecule has 0 radical (unpaired) electrons. The average Bonchev–Trinajstić information content (AvgIpc) is 2.80. The number of benzene rings is 1. The maximum atomic E-state index is 12.5. The fourth-order valence-corrected chi connectivity index (χ4v) is 3.21. The van der Waals surface area contributed by atoms with Crippen LogP contribution in [0.3, 0.4) is 0 Å². The lowest BCUT2D eigenvalue weighted by molar-refractivity contribution is -0.142. The second kappa shape index (κ2) is 8.13. The number of esters is 1. The predicted octanol–water partition coefficient (Wildman–Crippen LogP) is 2.60. The number of amides is 1. The smallest absolute Gasteiger partial charge is 0.353 e. The van der Waals surface area contributed by atoms with Crippen LogP contribution in [0.5, 0.6) is 0 Å². The summed E-state index contributed by atoms with van der Waals surface area (Å²) in [4.78, 5) is 29.4. The molecular weight excluding hydrogens is 330 g/mol. The number of cyclic esters (lactones) is 1. The summed E-state index contributed by atoms with van der Waals surface area (Å²) in [7, 11) is 0. The van der Waals surface area contributed by atoms with E-state index in [1.54, 1.807) is 0 Å². The molecule has 6 heteroatoms. The van der Waals surface area contributed by atoms with Crippen LogP contribution in [0.25, 0.3) is 0 Å². The van der Waals surface area contributed by atoms with E-state index in [9.17, 15) is 9.59 Å². The SMILES string of the molecule is CC(C)CC(N=C1C(=O)OC(C)(C)C1c1ccccc1)C(=O)NCC#N. The zero-order chi connectivity index (χ0) is 19.3. The zero-order valence-corrected chi connectivity index (χ0v) is 15.7. The summed E-state index contributed by atoms with van der Waals surface area (Å²) in [5.74, 6) is -0.991. The van der Waals surface area contributed by atoms with Gasteiger partial charge in [0.2, 0.25) is 5.91 Å². The molecule has 1 aromatic carbocycles. The molecule has 6 nitrogen and oxygen atoms in total. The van der Waals surface area contributed by atoms with Crippen molar-refractivity contribution in [3.63, 3.8) is 0 Å². The largest absolute Gasteiger partial charge is 0.454 e. The van der Waals surface area contributed by atoms with Crippen molar-refractivity contribution in [1.82, 2.24) is 5.32 Å². The van der Waals surface area contributed by atoms with Crippen LogP contribution >= 0.6 is 0 Å². The third kappa shape index (κ3) is 4.48. The summed E-state index contributed by atoms with van der Waals surface area (Å²) in [6, 6.07) is 10.7. The Morgan fingerprint density at radius 2 is 2.00 bits per heavy atom. The molecule has 0 aliphatic carbocycles. The van der Waals surface area contributed by atoms with Crippen LogP contribution in [0.1, 0.15) is 45.6 Å². The monoisotopic (exact) mass is 355 g/mol. The van der Waals surface area contributed by atoms with Crippen LogP contribution in [-0.4, -0.2) is 35.8 Å². The van der Waals surface area contributed by atoms with Crippen LogP contribution in [0.2, 0.25) is 0 Å². The molecule has 2 atom stereocenters. The summed E-state index contributed by atoms with van der Waals surface area (Å²) < 4.78 is 5.54. The predicted molar refractivity (Wildman–Crippen MR) is 98.7 cm³/mol. The minimum absolute atomic E-state index is 0.0870. The summed E-state index contributed by atoms with van der Waals surface area (Å²) >= 11 is 0. The molecule has 0 spiro atoms. The number of carbonyl (C=O) groups excluding carboxylic acids is 2. The summed E-state index contributed by atoms with van der Waals surface area (Å²) in [6.07, 6.45) is 0.482. The Labute approximate surface area is 154 Å². The van der Waals surface area contributed by atoms with E-state index in [0.29, 0.717) is 6.42 Å². The number of rotatable bonds is 6. The van der Waals surface area contributed by atoms with E-state index in [-0.39, 0.29) is 30.0 Å². The molecule has 2 unspecified atom stereocenters. The first kappa shape index (κ1) is 19.6. The molecule has 1 aliphatic heterocycles. The van der Waals surface area contributed by atoms with Crippen molar-refractivity contribution < 1.29 is 14.3 Å². The highest BCUT2D eigenvalue weighted by molar-refractivity contribution is 6.41. The Morgan fingerprint density at radius 3 is 2.58 bits per heavy atom. The van der Waals surface area contributed by atoms with E-state index in [0.717, 1.165) is 5.56 Å². The summed E-state index contributed by atoms with van der Waals surface area (Å²) in [5.41, 5.74) is 0.435. The molecule has 138 valence electrons. The maximum absolute atomic E-state index is 12.5. The molecule has 0 saturated carbocycles. The first-order chi connectivity index (χ1) is 12.3. The van der Waals surface area contributed by atoms with Crippen molar-refractivity contribution >= 4 is 17.6 Å². The van der Waals surface area contributed by atoms with Crippen molar-refractivity contribution in [3.8, 4) is 6.07 Å². The van der Waals surface area contributed by atoms with Crippen LogP contribution in [0.4, 0.5) is 0 Å². The van der Waals surface area contributed by atoms with Gasteiger partial charge in [-0.15, -0.1) is 0 Å². The van der Waals surface area contributed by atoms with Gasteiger partial charge in [0.15, 0.2) is 0 Å². The molecule has 1 amide bonds. The molecule has 0 bridgehead atoms. The number of nitrogens with one attached hydrogen (secondary N) is 1. The van der Waals surface area contributed by atoms with Crippen molar-refractivity contribution in [3.05, 3.63) is 35.9 Å². The third-order valence-electron chi connectivity index (χ3n) is 4.30. The lowest BCUT2D eigenvalue weighted by atomic mass is 9.83. The maximum Gasteiger partial charge on any atom is 0.353 e. The molecule has 1 aromatic rings.